The normalized spacial score (nSPS) is 11.0. The SMILES string of the molecule is OCCCn1cc(-c2cnc3cccnc3n2)cn1. The van der Waals surface area contributed by atoms with Gasteiger partial charge in [-0.1, -0.05) is 0 Å². The average molecular weight is 255 g/mol. The molecule has 0 saturated carbocycles. The van der Waals surface area contributed by atoms with Gasteiger partial charge in [-0.05, 0) is 18.6 Å². The molecule has 0 aliphatic carbocycles. The first-order chi connectivity index (χ1) is 9.36. The molecular formula is C13H13N5O. The van der Waals surface area contributed by atoms with E-state index >= 15 is 0 Å². The van der Waals surface area contributed by atoms with Crippen molar-refractivity contribution in [1.29, 1.82) is 0 Å². The van der Waals surface area contributed by atoms with Crippen LogP contribution in [-0.4, -0.2) is 36.4 Å². The number of aryl methyl sites for hydroxylation is 1. The molecule has 6 nitrogen and oxygen atoms in total. The Labute approximate surface area is 109 Å². The average Bonchev–Trinajstić information content (AvgIpc) is 2.93. The van der Waals surface area contributed by atoms with Crippen molar-refractivity contribution in [3.05, 3.63) is 36.9 Å². The van der Waals surface area contributed by atoms with Gasteiger partial charge in [-0.15, -0.1) is 0 Å². The lowest BCUT2D eigenvalue weighted by molar-refractivity contribution is 0.277. The van der Waals surface area contributed by atoms with Crippen molar-refractivity contribution in [3.8, 4) is 11.3 Å². The summed E-state index contributed by atoms with van der Waals surface area (Å²) in [7, 11) is 0. The molecule has 0 spiro atoms. The maximum atomic E-state index is 8.80. The highest BCUT2D eigenvalue weighted by molar-refractivity contribution is 5.72. The van der Waals surface area contributed by atoms with Crippen molar-refractivity contribution in [2.24, 2.45) is 0 Å². The standard InChI is InChI=1S/C13H13N5O/c19-6-2-5-18-9-10(7-16-18)12-8-15-11-3-1-4-14-13(11)17-12/h1,3-4,7-9,19H,2,5-6H2. The summed E-state index contributed by atoms with van der Waals surface area (Å²) in [5.41, 5.74) is 3.06. The molecule has 0 unspecified atom stereocenters. The minimum absolute atomic E-state index is 0.162. The Morgan fingerprint density at radius 2 is 2.16 bits per heavy atom. The zero-order chi connectivity index (χ0) is 13.1. The Hall–Kier alpha value is -2.34. The van der Waals surface area contributed by atoms with Crippen LogP contribution in [0.5, 0.6) is 0 Å². The number of aliphatic hydroxyl groups excluding tert-OH is 1. The van der Waals surface area contributed by atoms with E-state index in [1.807, 2.05) is 18.3 Å². The van der Waals surface area contributed by atoms with Crippen molar-refractivity contribution < 1.29 is 5.11 Å². The fourth-order valence-corrected chi connectivity index (χ4v) is 1.84. The first-order valence-electron chi connectivity index (χ1n) is 6.08. The highest BCUT2D eigenvalue weighted by Gasteiger charge is 2.05. The van der Waals surface area contributed by atoms with E-state index in [1.165, 1.54) is 0 Å². The summed E-state index contributed by atoms with van der Waals surface area (Å²) in [6.45, 7) is 0.852. The van der Waals surface area contributed by atoms with E-state index in [2.05, 4.69) is 20.1 Å². The molecule has 6 heteroatoms. The second-order valence-electron chi connectivity index (χ2n) is 4.17. The van der Waals surface area contributed by atoms with E-state index in [0.717, 1.165) is 16.8 Å². The van der Waals surface area contributed by atoms with Gasteiger partial charge in [0.2, 0.25) is 0 Å². The molecule has 0 saturated heterocycles. The van der Waals surface area contributed by atoms with Gasteiger partial charge >= 0.3 is 0 Å². The molecule has 0 radical (unpaired) electrons. The van der Waals surface area contributed by atoms with E-state index < -0.39 is 0 Å². The zero-order valence-corrected chi connectivity index (χ0v) is 10.3. The molecule has 0 amide bonds. The lowest BCUT2D eigenvalue weighted by atomic mass is 10.2. The first-order valence-corrected chi connectivity index (χ1v) is 6.08. The van der Waals surface area contributed by atoms with Gasteiger partial charge in [-0.2, -0.15) is 5.10 Å². The quantitative estimate of drug-likeness (QED) is 0.759. The Kier molecular flexibility index (Phi) is 3.16. The van der Waals surface area contributed by atoms with Crippen molar-refractivity contribution in [2.45, 2.75) is 13.0 Å². The maximum Gasteiger partial charge on any atom is 0.178 e. The lowest BCUT2D eigenvalue weighted by Gasteiger charge is -1.99. The fraction of sp³-hybridized carbons (Fsp3) is 0.231. The number of nitrogens with zero attached hydrogens (tertiary/aromatic N) is 5. The predicted octanol–water partition coefficient (Wildman–Crippen LogP) is 1.27. The second kappa shape index (κ2) is 5.11. The van der Waals surface area contributed by atoms with Crippen LogP contribution in [0.4, 0.5) is 0 Å². The third-order valence-corrected chi connectivity index (χ3v) is 2.79. The second-order valence-corrected chi connectivity index (χ2v) is 4.17. The summed E-state index contributed by atoms with van der Waals surface area (Å²) >= 11 is 0. The number of aromatic nitrogens is 5. The van der Waals surface area contributed by atoms with Crippen LogP contribution in [0.2, 0.25) is 0 Å². The number of hydrogen-bond donors (Lipinski definition) is 1. The largest absolute Gasteiger partial charge is 0.396 e. The molecule has 0 aliphatic rings. The Morgan fingerprint density at radius 1 is 1.21 bits per heavy atom. The van der Waals surface area contributed by atoms with Gasteiger partial charge in [0.05, 0.1) is 18.1 Å². The number of pyridine rings is 1. The monoisotopic (exact) mass is 255 g/mol. The number of aliphatic hydroxyl groups is 1. The van der Waals surface area contributed by atoms with Crippen LogP contribution >= 0.6 is 0 Å². The van der Waals surface area contributed by atoms with Crippen molar-refractivity contribution >= 4 is 11.2 Å². The van der Waals surface area contributed by atoms with Crippen LogP contribution in [0.25, 0.3) is 22.4 Å². The highest BCUT2D eigenvalue weighted by atomic mass is 16.3. The Morgan fingerprint density at radius 3 is 3.05 bits per heavy atom. The van der Waals surface area contributed by atoms with E-state index in [-0.39, 0.29) is 6.61 Å². The first kappa shape index (κ1) is 11.7. The van der Waals surface area contributed by atoms with Gasteiger partial charge in [0.25, 0.3) is 0 Å². The van der Waals surface area contributed by atoms with Crippen molar-refractivity contribution in [3.63, 3.8) is 0 Å². The lowest BCUT2D eigenvalue weighted by Crippen LogP contribution is -1.99. The van der Waals surface area contributed by atoms with Gasteiger partial charge in [0, 0.05) is 31.1 Å². The number of rotatable bonds is 4. The summed E-state index contributed by atoms with van der Waals surface area (Å²) in [5.74, 6) is 0. The number of hydrogen-bond acceptors (Lipinski definition) is 5. The molecule has 19 heavy (non-hydrogen) atoms. The molecule has 1 N–H and O–H groups in total. The molecule has 3 aromatic heterocycles. The summed E-state index contributed by atoms with van der Waals surface area (Å²) in [4.78, 5) is 13.0. The minimum Gasteiger partial charge on any atom is -0.396 e. The minimum atomic E-state index is 0.162. The third-order valence-electron chi connectivity index (χ3n) is 2.79. The number of fused-ring (bicyclic) bond motifs is 1. The molecular weight excluding hydrogens is 242 g/mol. The molecule has 0 bridgehead atoms. The molecule has 0 aromatic carbocycles. The summed E-state index contributed by atoms with van der Waals surface area (Å²) < 4.78 is 1.79. The molecule has 96 valence electrons. The Bertz CT molecular complexity index is 694. The van der Waals surface area contributed by atoms with Crippen LogP contribution in [0, 0.1) is 0 Å². The molecule has 3 aromatic rings. The summed E-state index contributed by atoms with van der Waals surface area (Å²) in [6, 6.07) is 3.72. The summed E-state index contributed by atoms with van der Waals surface area (Å²) in [5, 5.41) is 13.0. The van der Waals surface area contributed by atoms with Gasteiger partial charge < -0.3 is 5.11 Å². The van der Waals surface area contributed by atoms with Gasteiger partial charge in [-0.3, -0.25) is 9.67 Å². The van der Waals surface area contributed by atoms with Crippen LogP contribution in [-0.2, 0) is 6.54 Å². The maximum absolute atomic E-state index is 8.80. The molecule has 3 rings (SSSR count). The van der Waals surface area contributed by atoms with E-state index in [1.54, 1.807) is 23.3 Å². The van der Waals surface area contributed by atoms with Crippen LogP contribution in [0.3, 0.4) is 0 Å². The van der Waals surface area contributed by atoms with E-state index in [4.69, 9.17) is 5.11 Å². The predicted molar refractivity (Wildman–Crippen MR) is 70.3 cm³/mol. The topological polar surface area (TPSA) is 76.7 Å². The molecule has 0 aliphatic heterocycles. The van der Waals surface area contributed by atoms with E-state index in [9.17, 15) is 0 Å². The van der Waals surface area contributed by atoms with Gasteiger partial charge in [0.15, 0.2) is 5.65 Å². The van der Waals surface area contributed by atoms with Crippen LogP contribution < -0.4 is 0 Å². The van der Waals surface area contributed by atoms with Crippen molar-refractivity contribution in [2.75, 3.05) is 6.61 Å². The molecule has 3 heterocycles. The molecule has 0 fully saturated rings. The van der Waals surface area contributed by atoms with E-state index in [0.29, 0.717) is 18.6 Å². The van der Waals surface area contributed by atoms with Gasteiger partial charge in [-0.25, -0.2) is 9.97 Å². The summed E-state index contributed by atoms with van der Waals surface area (Å²) in [6.07, 6.45) is 7.75. The zero-order valence-electron chi connectivity index (χ0n) is 10.3. The van der Waals surface area contributed by atoms with Crippen LogP contribution in [0.15, 0.2) is 36.9 Å². The van der Waals surface area contributed by atoms with Crippen LogP contribution in [0.1, 0.15) is 6.42 Å². The fourth-order valence-electron chi connectivity index (χ4n) is 1.84. The van der Waals surface area contributed by atoms with Crippen molar-refractivity contribution in [1.82, 2.24) is 24.7 Å². The Balaban J connectivity index is 1.92. The third kappa shape index (κ3) is 2.43. The van der Waals surface area contributed by atoms with Gasteiger partial charge in [0.1, 0.15) is 5.52 Å². The highest BCUT2D eigenvalue weighted by Crippen LogP contribution is 2.17. The smallest absolute Gasteiger partial charge is 0.178 e. The molecule has 0 atom stereocenters.